The van der Waals surface area contributed by atoms with Crippen LogP contribution in [0.1, 0.15) is 5.82 Å². The van der Waals surface area contributed by atoms with Crippen LogP contribution in [-0.4, -0.2) is 24.6 Å². The van der Waals surface area contributed by atoms with Gasteiger partial charge >= 0.3 is 0 Å². The second kappa shape index (κ2) is 5.24. The molecule has 2 rings (SSSR count). The molecule has 18 heavy (non-hydrogen) atoms. The molecular formula is C12H13N3O2S. The van der Waals surface area contributed by atoms with Crippen molar-refractivity contribution in [3.05, 3.63) is 48.5 Å². The van der Waals surface area contributed by atoms with Crippen LogP contribution in [0, 0.1) is 0 Å². The number of nitrogens with zero attached hydrogens (tertiary/aromatic N) is 2. The molecule has 0 aliphatic rings. The SMILES string of the molecule is CS(=O)(=O)NCc1ncc(-c2ccccc2)cn1. The molecule has 1 aromatic heterocycles. The topological polar surface area (TPSA) is 72.0 Å². The summed E-state index contributed by atoms with van der Waals surface area (Å²) < 4.78 is 24.2. The van der Waals surface area contributed by atoms with Crippen molar-refractivity contribution in [1.82, 2.24) is 14.7 Å². The highest BCUT2D eigenvalue weighted by atomic mass is 32.2. The van der Waals surface area contributed by atoms with Crippen molar-refractivity contribution in [3.8, 4) is 11.1 Å². The highest BCUT2D eigenvalue weighted by Gasteiger charge is 2.03. The molecule has 6 heteroatoms. The summed E-state index contributed by atoms with van der Waals surface area (Å²) in [7, 11) is -3.21. The maximum Gasteiger partial charge on any atom is 0.209 e. The summed E-state index contributed by atoms with van der Waals surface area (Å²) in [4.78, 5) is 8.24. The number of hydrogen-bond donors (Lipinski definition) is 1. The van der Waals surface area contributed by atoms with E-state index in [0.717, 1.165) is 17.4 Å². The van der Waals surface area contributed by atoms with E-state index in [2.05, 4.69) is 14.7 Å². The molecule has 0 aliphatic carbocycles. The molecule has 0 fully saturated rings. The van der Waals surface area contributed by atoms with Gasteiger partial charge in [0.1, 0.15) is 5.82 Å². The minimum Gasteiger partial charge on any atom is -0.239 e. The van der Waals surface area contributed by atoms with Crippen LogP contribution >= 0.6 is 0 Å². The van der Waals surface area contributed by atoms with Gasteiger partial charge in [0.2, 0.25) is 10.0 Å². The molecule has 0 bridgehead atoms. The van der Waals surface area contributed by atoms with E-state index in [1.54, 1.807) is 12.4 Å². The zero-order valence-electron chi connectivity index (χ0n) is 9.87. The van der Waals surface area contributed by atoms with Crippen molar-refractivity contribution >= 4 is 10.0 Å². The highest BCUT2D eigenvalue weighted by Crippen LogP contribution is 2.16. The second-order valence-electron chi connectivity index (χ2n) is 3.85. The fourth-order valence-corrected chi connectivity index (χ4v) is 1.81. The quantitative estimate of drug-likeness (QED) is 0.899. The number of rotatable bonds is 4. The van der Waals surface area contributed by atoms with Gasteiger partial charge in [-0.25, -0.2) is 23.1 Å². The van der Waals surface area contributed by atoms with E-state index < -0.39 is 10.0 Å². The standard InChI is InChI=1S/C12H13N3O2S/c1-18(16,17)15-9-12-13-7-11(8-14-12)10-5-3-2-4-6-10/h2-8,15H,9H2,1H3. The van der Waals surface area contributed by atoms with Crippen molar-refractivity contribution in [1.29, 1.82) is 0 Å². The first-order valence-electron chi connectivity index (χ1n) is 5.35. The van der Waals surface area contributed by atoms with Gasteiger partial charge in [0.15, 0.2) is 0 Å². The summed E-state index contributed by atoms with van der Waals surface area (Å²) in [5.74, 6) is 0.445. The van der Waals surface area contributed by atoms with Crippen LogP contribution in [0.5, 0.6) is 0 Å². The van der Waals surface area contributed by atoms with Crippen LogP contribution in [0.25, 0.3) is 11.1 Å². The maximum atomic E-state index is 10.9. The molecule has 94 valence electrons. The first kappa shape index (κ1) is 12.7. The summed E-state index contributed by atoms with van der Waals surface area (Å²) in [6, 6.07) is 9.75. The van der Waals surface area contributed by atoms with Crippen LogP contribution in [0.3, 0.4) is 0 Å². The van der Waals surface area contributed by atoms with Gasteiger partial charge in [-0.2, -0.15) is 0 Å². The van der Waals surface area contributed by atoms with Gasteiger partial charge in [-0.3, -0.25) is 0 Å². The molecule has 5 nitrogen and oxygen atoms in total. The average molecular weight is 263 g/mol. The van der Waals surface area contributed by atoms with Crippen LogP contribution < -0.4 is 4.72 Å². The molecular weight excluding hydrogens is 250 g/mol. The Hall–Kier alpha value is -1.79. The van der Waals surface area contributed by atoms with Crippen LogP contribution in [0.2, 0.25) is 0 Å². The molecule has 0 saturated carbocycles. The van der Waals surface area contributed by atoms with Crippen molar-refractivity contribution in [2.75, 3.05) is 6.26 Å². The number of aromatic nitrogens is 2. The van der Waals surface area contributed by atoms with Gasteiger partial charge in [0.25, 0.3) is 0 Å². The molecule has 0 radical (unpaired) electrons. The van der Waals surface area contributed by atoms with E-state index in [1.807, 2.05) is 30.3 Å². The number of nitrogens with one attached hydrogen (secondary N) is 1. The van der Waals surface area contributed by atoms with E-state index in [4.69, 9.17) is 0 Å². The first-order valence-corrected chi connectivity index (χ1v) is 7.25. The molecule has 1 heterocycles. The Balaban J connectivity index is 2.11. The third-order valence-electron chi connectivity index (χ3n) is 2.30. The Morgan fingerprint density at radius 2 is 1.67 bits per heavy atom. The second-order valence-corrected chi connectivity index (χ2v) is 5.68. The van der Waals surface area contributed by atoms with Gasteiger partial charge in [0, 0.05) is 18.0 Å². The zero-order chi connectivity index (χ0) is 13.0. The highest BCUT2D eigenvalue weighted by molar-refractivity contribution is 7.88. The number of benzene rings is 1. The first-order chi connectivity index (χ1) is 8.54. The molecule has 1 aromatic carbocycles. The predicted octanol–water partition coefficient (Wildman–Crippen LogP) is 1.19. The van der Waals surface area contributed by atoms with Crippen molar-refractivity contribution in [2.45, 2.75) is 6.54 Å². The maximum absolute atomic E-state index is 10.9. The van der Waals surface area contributed by atoms with E-state index in [1.165, 1.54) is 0 Å². The monoisotopic (exact) mass is 263 g/mol. The minimum atomic E-state index is -3.21. The van der Waals surface area contributed by atoms with Gasteiger partial charge in [-0.15, -0.1) is 0 Å². The molecule has 0 unspecified atom stereocenters. The lowest BCUT2D eigenvalue weighted by atomic mass is 10.1. The predicted molar refractivity (Wildman–Crippen MR) is 69.2 cm³/mol. The van der Waals surface area contributed by atoms with Gasteiger partial charge in [-0.05, 0) is 5.56 Å². The van der Waals surface area contributed by atoms with Gasteiger partial charge in [0.05, 0.1) is 12.8 Å². The normalized spacial score (nSPS) is 11.4. The zero-order valence-corrected chi connectivity index (χ0v) is 10.7. The summed E-state index contributed by atoms with van der Waals surface area (Å²) in [5.41, 5.74) is 1.93. The minimum absolute atomic E-state index is 0.105. The Kier molecular flexibility index (Phi) is 3.69. The lowest BCUT2D eigenvalue weighted by molar-refractivity contribution is 0.585. The Labute approximate surface area is 106 Å². The number of hydrogen-bond acceptors (Lipinski definition) is 4. The largest absolute Gasteiger partial charge is 0.239 e. The molecule has 0 saturated heterocycles. The third kappa shape index (κ3) is 3.61. The average Bonchev–Trinajstić information content (AvgIpc) is 2.37. The Bertz CT molecular complexity index is 610. The fraction of sp³-hybridized carbons (Fsp3) is 0.167. The van der Waals surface area contributed by atoms with Crippen molar-refractivity contribution in [3.63, 3.8) is 0 Å². The van der Waals surface area contributed by atoms with Crippen molar-refractivity contribution < 1.29 is 8.42 Å². The van der Waals surface area contributed by atoms with E-state index in [9.17, 15) is 8.42 Å². The molecule has 0 aliphatic heterocycles. The van der Waals surface area contributed by atoms with E-state index >= 15 is 0 Å². The Morgan fingerprint density at radius 1 is 1.06 bits per heavy atom. The van der Waals surface area contributed by atoms with Crippen molar-refractivity contribution in [2.24, 2.45) is 0 Å². The van der Waals surface area contributed by atoms with Crippen LogP contribution in [0.15, 0.2) is 42.7 Å². The summed E-state index contributed by atoms with van der Waals surface area (Å²) >= 11 is 0. The molecule has 2 aromatic rings. The van der Waals surface area contributed by atoms with E-state index in [-0.39, 0.29) is 6.54 Å². The lowest BCUT2D eigenvalue weighted by Crippen LogP contribution is -2.22. The van der Waals surface area contributed by atoms with E-state index in [0.29, 0.717) is 5.82 Å². The summed E-state index contributed by atoms with van der Waals surface area (Å²) in [6.45, 7) is 0.105. The lowest BCUT2D eigenvalue weighted by Gasteiger charge is -2.03. The molecule has 1 N–H and O–H groups in total. The molecule has 0 spiro atoms. The Morgan fingerprint density at radius 3 is 2.22 bits per heavy atom. The number of sulfonamides is 1. The summed E-state index contributed by atoms with van der Waals surface area (Å²) in [5, 5.41) is 0. The molecule has 0 atom stereocenters. The van der Waals surface area contributed by atoms with Gasteiger partial charge in [-0.1, -0.05) is 30.3 Å². The van der Waals surface area contributed by atoms with Gasteiger partial charge < -0.3 is 0 Å². The van der Waals surface area contributed by atoms with Crippen LogP contribution in [-0.2, 0) is 16.6 Å². The smallest absolute Gasteiger partial charge is 0.209 e. The summed E-state index contributed by atoms with van der Waals surface area (Å²) in [6.07, 6.45) is 4.47. The fourth-order valence-electron chi connectivity index (χ4n) is 1.42. The third-order valence-corrected chi connectivity index (χ3v) is 2.97. The van der Waals surface area contributed by atoms with Crippen LogP contribution in [0.4, 0.5) is 0 Å². The molecule has 0 amide bonds.